The number of carbonyl (C=O) groups is 1. The molecule has 0 saturated heterocycles. The molecule has 1 aromatic rings. The fourth-order valence-electron chi connectivity index (χ4n) is 1.06. The highest BCUT2D eigenvalue weighted by Gasteiger charge is 2.32. The molecular formula is C9H7F3INO3. The van der Waals surface area contributed by atoms with Crippen molar-refractivity contribution in [2.24, 2.45) is 0 Å². The molecule has 0 aliphatic rings. The molecule has 0 spiro atoms. The zero-order valence-corrected chi connectivity index (χ0v) is 10.6. The van der Waals surface area contributed by atoms with E-state index in [0.29, 0.717) is 0 Å². The van der Waals surface area contributed by atoms with Gasteiger partial charge in [0.25, 0.3) is 0 Å². The molecule has 0 saturated carbocycles. The van der Waals surface area contributed by atoms with Gasteiger partial charge in [0.2, 0.25) is 0 Å². The maximum atomic E-state index is 12.0. The van der Waals surface area contributed by atoms with Gasteiger partial charge in [-0.3, -0.25) is 0 Å². The minimum Gasteiger partial charge on any atom is -0.465 e. The molecule has 1 aromatic carbocycles. The van der Waals surface area contributed by atoms with E-state index in [-0.39, 0.29) is 14.8 Å². The van der Waals surface area contributed by atoms with Crippen LogP contribution in [0.15, 0.2) is 12.1 Å². The fourth-order valence-corrected chi connectivity index (χ4v) is 1.64. The third-order valence-electron chi connectivity index (χ3n) is 1.74. The average molecular weight is 361 g/mol. The van der Waals surface area contributed by atoms with Crippen molar-refractivity contribution in [2.45, 2.75) is 6.36 Å². The summed E-state index contributed by atoms with van der Waals surface area (Å²) in [6, 6.07) is 2.10. The first-order chi connectivity index (χ1) is 7.74. The molecular weight excluding hydrogens is 354 g/mol. The zero-order chi connectivity index (χ0) is 13.2. The summed E-state index contributed by atoms with van der Waals surface area (Å²) in [6.07, 6.45) is -4.81. The maximum Gasteiger partial charge on any atom is 0.573 e. The number of esters is 1. The molecule has 1 rings (SSSR count). The van der Waals surface area contributed by atoms with Crippen molar-refractivity contribution in [1.29, 1.82) is 0 Å². The van der Waals surface area contributed by atoms with E-state index in [1.54, 1.807) is 22.6 Å². The molecule has 8 heteroatoms. The number of ether oxygens (including phenoxy) is 2. The number of hydrogen-bond acceptors (Lipinski definition) is 4. The van der Waals surface area contributed by atoms with Crippen molar-refractivity contribution in [1.82, 2.24) is 0 Å². The van der Waals surface area contributed by atoms with Crippen LogP contribution in [0.1, 0.15) is 10.4 Å². The van der Waals surface area contributed by atoms with Crippen LogP contribution in [0.4, 0.5) is 18.9 Å². The second-order valence-electron chi connectivity index (χ2n) is 2.91. The van der Waals surface area contributed by atoms with Crippen LogP contribution in [-0.4, -0.2) is 19.4 Å². The minimum absolute atomic E-state index is 0.00794. The highest BCUT2D eigenvalue weighted by atomic mass is 127. The Morgan fingerprint density at radius 3 is 2.47 bits per heavy atom. The average Bonchev–Trinajstić information content (AvgIpc) is 2.20. The monoisotopic (exact) mass is 361 g/mol. The van der Waals surface area contributed by atoms with E-state index in [1.165, 1.54) is 6.07 Å². The van der Waals surface area contributed by atoms with Gasteiger partial charge in [-0.1, -0.05) is 0 Å². The van der Waals surface area contributed by atoms with Gasteiger partial charge in [0.05, 0.1) is 16.2 Å². The third kappa shape index (κ3) is 3.65. The van der Waals surface area contributed by atoms with Crippen LogP contribution in [0.5, 0.6) is 5.75 Å². The Labute approximate surface area is 108 Å². The minimum atomic E-state index is -4.81. The van der Waals surface area contributed by atoms with E-state index >= 15 is 0 Å². The van der Waals surface area contributed by atoms with Gasteiger partial charge >= 0.3 is 12.3 Å². The van der Waals surface area contributed by atoms with E-state index in [2.05, 4.69) is 9.47 Å². The predicted molar refractivity (Wildman–Crippen MR) is 61.6 cm³/mol. The molecule has 0 fully saturated rings. The first-order valence-electron chi connectivity index (χ1n) is 4.17. The predicted octanol–water partition coefficient (Wildman–Crippen LogP) is 2.56. The lowest BCUT2D eigenvalue weighted by molar-refractivity contribution is -0.274. The van der Waals surface area contributed by atoms with Crippen molar-refractivity contribution in [3.63, 3.8) is 0 Å². The van der Waals surface area contributed by atoms with Crippen LogP contribution in [0.3, 0.4) is 0 Å². The number of methoxy groups -OCH3 is 1. The second kappa shape index (κ2) is 4.98. The van der Waals surface area contributed by atoms with Gasteiger partial charge in [0, 0.05) is 11.8 Å². The summed E-state index contributed by atoms with van der Waals surface area (Å²) in [5.41, 5.74) is 5.28. The van der Waals surface area contributed by atoms with E-state index < -0.39 is 18.1 Å². The first-order valence-corrected chi connectivity index (χ1v) is 5.25. The van der Waals surface area contributed by atoms with Gasteiger partial charge in [-0.25, -0.2) is 4.79 Å². The number of nitrogens with two attached hydrogens (primary N) is 1. The van der Waals surface area contributed by atoms with Gasteiger partial charge in [-0.2, -0.15) is 0 Å². The van der Waals surface area contributed by atoms with Crippen LogP contribution in [0.25, 0.3) is 0 Å². The first kappa shape index (κ1) is 13.9. The van der Waals surface area contributed by atoms with E-state index in [9.17, 15) is 18.0 Å². The van der Waals surface area contributed by atoms with Crippen molar-refractivity contribution in [2.75, 3.05) is 12.8 Å². The quantitative estimate of drug-likeness (QED) is 0.500. The summed E-state index contributed by atoms with van der Waals surface area (Å²) in [4.78, 5) is 11.2. The SMILES string of the molecule is COC(=O)c1cc(I)c(OC(F)(F)F)cc1N. The molecule has 0 atom stereocenters. The Morgan fingerprint density at radius 2 is 2.00 bits per heavy atom. The summed E-state index contributed by atoms with van der Waals surface area (Å²) >= 11 is 1.60. The van der Waals surface area contributed by atoms with Crippen molar-refractivity contribution in [3.05, 3.63) is 21.3 Å². The molecule has 4 nitrogen and oxygen atoms in total. The van der Waals surface area contributed by atoms with Gasteiger partial charge in [-0.05, 0) is 28.7 Å². The summed E-state index contributed by atoms with van der Waals surface area (Å²) in [6.45, 7) is 0. The zero-order valence-electron chi connectivity index (χ0n) is 8.47. The van der Waals surface area contributed by atoms with Gasteiger partial charge < -0.3 is 15.2 Å². The lowest BCUT2D eigenvalue weighted by atomic mass is 10.2. The molecule has 2 N–H and O–H groups in total. The van der Waals surface area contributed by atoms with Crippen molar-refractivity contribution < 1.29 is 27.4 Å². The van der Waals surface area contributed by atoms with Gasteiger partial charge in [0.1, 0.15) is 5.75 Å². The molecule has 0 heterocycles. The van der Waals surface area contributed by atoms with Crippen molar-refractivity contribution >= 4 is 34.2 Å². The Morgan fingerprint density at radius 1 is 1.41 bits per heavy atom. The van der Waals surface area contributed by atoms with Crippen LogP contribution in [0.2, 0.25) is 0 Å². The molecule has 17 heavy (non-hydrogen) atoms. The van der Waals surface area contributed by atoms with Crippen LogP contribution in [-0.2, 0) is 4.74 Å². The third-order valence-corrected chi connectivity index (χ3v) is 2.58. The molecule has 0 radical (unpaired) electrons. The number of nitrogen functional groups attached to an aromatic ring is 1. The number of rotatable bonds is 2. The van der Waals surface area contributed by atoms with Gasteiger partial charge in [-0.15, -0.1) is 13.2 Å². The number of carbonyl (C=O) groups excluding carboxylic acids is 1. The highest BCUT2D eigenvalue weighted by Crippen LogP contribution is 2.31. The van der Waals surface area contributed by atoms with Crippen LogP contribution >= 0.6 is 22.6 Å². The topological polar surface area (TPSA) is 61.5 Å². The molecule has 0 unspecified atom stereocenters. The summed E-state index contributed by atoms with van der Waals surface area (Å²) < 4.78 is 44.3. The largest absolute Gasteiger partial charge is 0.573 e. The Balaban J connectivity index is 3.14. The van der Waals surface area contributed by atoms with E-state index in [4.69, 9.17) is 5.73 Å². The fraction of sp³-hybridized carbons (Fsp3) is 0.222. The second-order valence-corrected chi connectivity index (χ2v) is 4.07. The lowest BCUT2D eigenvalue weighted by Gasteiger charge is -2.12. The number of halogens is 4. The molecule has 0 bridgehead atoms. The van der Waals surface area contributed by atoms with Crippen LogP contribution in [0, 0.1) is 3.57 Å². The van der Waals surface area contributed by atoms with Crippen molar-refractivity contribution in [3.8, 4) is 5.75 Å². The van der Waals surface area contributed by atoms with E-state index in [0.717, 1.165) is 13.2 Å². The maximum absolute atomic E-state index is 12.0. The highest BCUT2D eigenvalue weighted by molar-refractivity contribution is 14.1. The van der Waals surface area contributed by atoms with E-state index in [1.807, 2.05) is 0 Å². The number of anilines is 1. The molecule has 0 aliphatic heterocycles. The smallest absolute Gasteiger partial charge is 0.465 e. The molecule has 0 aromatic heterocycles. The Kier molecular flexibility index (Phi) is 4.07. The van der Waals surface area contributed by atoms with Crippen LogP contribution < -0.4 is 10.5 Å². The summed E-state index contributed by atoms with van der Waals surface area (Å²) in [5.74, 6) is -1.18. The summed E-state index contributed by atoms with van der Waals surface area (Å²) in [5, 5.41) is 0. The lowest BCUT2D eigenvalue weighted by Crippen LogP contribution is -2.18. The Bertz CT molecular complexity index is 448. The number of hydrogen-bond donors (Lipinski definition) is 1. The number of benzene rings is 1. The van der Waals surface area contributed by atoms with Gasteiger partial charge in [0.15, 0.2) is 0 Å². The molecule has 94 valence electrons. The molecule has 0 aliphatic carbocycles. The Hall–Kier alpha value is -1.19. The number of alkyl halides is 3. The standard InChI is InChI=1S/C9H7F3INO3/c1-16-8(15)4-2-5(13)7(3-6(4)14)17-9(10,11)12/h2-3H,14H2,1H3. The summed E-state index contributed by atoms with van der Waals surface area (Å²) in [7, 11) is 1.15. The molecule has 0 amide bonds. The normalized spacial score (nSPS) is 11.1.